The number of hydrogen-bond acceptors (Lipinski definition) is 5. The topological polar surface area (TPSA) is 82.5 Å². The number of amides is 1. The highest BCUT2D eigenvalue weighted by Crippen LogP contribution is 2.05. The van der Waals surface area contributed by atoms with E-state index < -0.39 is 12.2 Å². The molecule has 16 heavy (non-hydrogen) atoms. The van der Waals surface area contributed by atoms with Gasteiger partial charge in [-0.1, -0.05) is 0 Å². The highest BCUT2D eigenvalue weighted by atomic mass is 16.6. The Morgan fingerprint density at radius 3 is 2.69 bits per heavy atom. The summed E-state index contributed by atoms with van der Waals surface area (Å²) in [6.07, 6.45) is 1.48. The van der Waals surface area contributed by atoms with Gasteiger partial charge in [0, 0.05) is 0 Å². The van der Waals surface area contributed by atoms with Crippen LogP contribution in [0.3, 0.4) is 0 Å². The van der Waals surface area contributed by atoms with Crippen LogP contribution in [0.2, 0.25) is 0 Å². The molecular formula is C9H13N3O4. The van der Waals surface area contributed by atoms with Crippen molar-refractivity contribution in [2.24, 2.45) is 0 Å². The highest BCUT2D eigenvalue weighted by molar-refractivity contribution is 5.84. The molecule has 7 heteroatoms. The van der Waals surface area contributed by atoms with Gasteiger partial charge in [0.25, 0.3) is 0 Å². The standard InChI is InChI=1S/C9H13N3O4/c1-3-15-8(13)11-7-5-10-12(6-7)9(14)16-4-2/h5-6H,3-4H2,1-2H3,(H,11,13). The maximum absolute atomic E-state index is 11.2. The number of carbonyl (C=O) groups excluding carboxylic acids is 2. The Kier molecular flexibility index (Phi) is 4.31. The van der Waals surface area contributed by atoms with Crippen LogP contribution < -0.4 is 5.32 Å². The van der Waals surface area contributed by atoms with Gasteiger partial charge < -0.3 is 9.47 Å². The van der Waals surface area contributed by atoms with Crippen molar-refractivity contribution in [3.8, 4) is 0 Å². The molecule has 1 rings (SSSR count). The molecule has 0 radical (unpaired) electrons. The third-order valence-corrected chi connectivity index (χ3v) is 1.56. The number of carbonyl (C=O) groups is 2. The third-order valence-electron chi connectivity index (χ3n) is 1.56. The predicted octanol–water partition coefficient (Wildman–Crippen LogP) is 1.46. The van der Waals surface area contributed by atoms with E-state index in [1.807, 2.05) is 0 Å². The summed E-state index contributed by atoms with van der Waals surface area (Å²) < 4.78 is 10.4. The second-order valence-electron chi connectivity index (χ2n) is 2.72. The minimum absolute atomic E-state index is 0.263. The van der Waals surface area contributed by atoms with Crippen LogP contribution in [0, 0.1) is 0 Å². The molecule has 0 aliphatic heterocycles. The van der Waals surface area contributed by atoms with Crippen LogP contribution in [-0.4, -0.2) is 35.2 Å². The van der Waals surface area contributed by atoms with Gasteiger partial charge in [-0.15, -0.1) is 0 Å². The van der Waals surface area contributed by atoms with E-state index in [0.29, 0.717) is 5.69 Å². The zero-order chi connectivity index (χ0) is 12.0. The van der Waals surface area contributed by atoms with Crippen molar-refractivity contribution in [1.82, 2.24) is 9.78 Å². The molecule has 1 amide bonds. The monoisotopic (exact) mass is 227 g/mol. The Morgan fingerprint density at radius 2 is 2.06 bits per heavy atom. The Hall–Kier alpha value is -2.05. The van der Waals surface area contributed by atoms with Crippen molar-refractivity contribution in [3.05, 3.63) is 12.4 Å². The number of rotatable bonds is 3. The molecule has 1 aromatic heterocycles. The average molecular weight is 227 g/mol. The highest BCUT2D eigenvalue weighted by Gasteiger charge is 2.09. The third kappa shape index (κ3) is 3.26. The van der Waals surface area contributed by atoms with Crippen LogP contribution in [0.4, 0.5) is 15.3 Å². The largest absolute Gasteiger partial charge is 0.450 e. The van der Waals surface area contributed by atoms with Gasteiger partial charge in [0.2, 0.25) is 0 Å². The van der Waals surface area contributed by atoms with Crippen molar-refractivity contribution < 1.29 is 19.1 Å². The van der Waals surface area contributed by atoms with Gasteiger partial charge in [-0.3, -0.25) is 5.32 Å². The van der Waals surface area contributed by atoms with Gasteiger partial charge in [-0.25, -0.2) is 9.59 Å². The first-order valence-electron chi connectivity index (χ1n) is 4.83. The molecule has 0 unspecified atom stereocenters. The first-order valence-corrected chi connectivity index (χ1v) is 4.83. The minimum Gasteiger partial charge on any atom is -0.450 e. The summed E-state index contributed by atoms with van der Waals surface area (Å²) in [6, 6.07) is 0. The van der Waals surface area contributed by atoms with Crippen LogP contribution >= 0.6 is 0 Å². The summed E-state index contributed by atoms with van der Waals surface area (Å²) in [4.78, 5) is 22.2. The molecule has 0 atom stereocenters. The lowest BCUT2D eigenvalue weighted by Crippen LogP contribution is -2.14. The Labute approximate surface area is 92.3 Å². The van der Waals surface area contributed by atoms with Crippen LogP contribution in [0.25, 0.3) is 0 Å². The summed E-state index contributed by atoms with van der Waals surface area (Å²) >= 11 is 0. The van der Waals surface area contributed by atoms with Gasteiger partial charge >= 0.3 is 12.2 Å². The van der Waals surface area contributed by atoms with Gasteiger partial charge in [0.1, 0.15) is 0 Å². The zero-order valence-electron chi connectivity index (χ0n) is 9.10. The lowest BCUT2D eigenvalue weighted by atomic mass is 10.6. The average Bonchev–Trinajstić information content (AvgIpc) is 2.67. The van der Waals surface area contributed by atoms with Crippen LogP contribution in [0.1, 0.15) is 13.8 Å². The van der Waals surface area contributed by atoms with Crippen molar-refractivity contribution in [2.45, 2.75) is 13.8 Å². The SMILES string of the molecule is CCOC(=O)Nc1cnn(C(=O)OCC)c1. The molecule has 0 aliphatic carbocycles. The van der Waals surface area contributed by atoms with Gasteiger partial charge in [0.15, 0.2) is 0 Å². The summed E-state index contributed by atoms with van der Waals surface area (Å²) in [6.45, 7) is 3.93. The molecule has 88 valence electrons. The first-order chi connectivity index (χ1) is 7.67. The fourth-order valence-electron chi connectivity index (χ4n) is 0.962. The molecule has 1 aromatic rings. The summed E-state index contributed by atoms with van der Waals surface area (Å²) in [7, 11) is 0. The number of aromatic nitrogens is 2. The minimum atomic E-state index is -0.598. The number of anilines is 1. The number of hydrogen-bond donors (Lipinski definition) is 1. The molecule has 7 nitrogen and oxygen atoms in total. The van der Waals surface area contributed by atoms with Crippen molar-refractivity contribution in [3.63, 3.8) is 0 Å². The van der Waals surface area contributed by atoms with Crippen molar-refractivity contribution in [2.75, 3.05) is 18.5 Å². The fourth-order valence-corrected chi connectivity index (χ4v) is 0.962. The lowest BCUT2D eigenvalue weighted by molar-refractivity contribution is 0.150. The molecule has 0 fully saturated rings. The van der Waals surface area contributed by atoms with E-state index >= 15 is 0 Å². The summed E-state index contributed by atoms with van der Waals surface area (Å²) in [5.41, 5.74) is 0.367. The molecule has 0 saturated heterocycles. The second kappa shape index (κ2) is 5.74. The van der Waals surface area contributed by atoms with E-state index in [2.05, 4.69) is 15.2 Å². The Bertz CT molecular complexity index is 375. The van der Waals surface area contributed by atoms with Gasteiger partial charge in [0.05, 0.1) is 31.3 Å². The molecule has 1 N–H and O–H groups in total. The molecule has 0 aromatic carbocycles. The van der Waals surface area contributed by atoms with Crippen LogP contribution in [0.15, 0.2) is 12.4 Å². The molecule has 0 aliphatic rings. The first kappa shape index (κ1) is 12.0. The van der Waals surface area contributed by atoms with Crippen molar-refractivity contribution >= 4 is 17.9 Å². The van der Waals surface area contributed by atoms with E-state index in [1.54, 1.807) is 13.8 Å². The summed E-state index contributed by atoms with van der Waals surface area (Å²) in [5, 5.41) is 6.13. The second-order valence-corrected chi connectivity index (χ2v) is 2.72. The Morgan fingerprint density at radius 1 is 1.38 bits per heavy atom. The van der Waals surface area contributed by atoms with E-state index in [1.165, 1.54) is 12.4 Å². The van der Waals surface area contributed by atoms with Crippen LogP contribution in [0.5, 0.6) is 0 Å². The van der Waals surface area contributed by atoms with E-state index in [4.69, 9.17) is 4.74 Å². The molecule has 0 bridgehead atoms. The normalized spacial score (nSPS) is 9.62. The van der Waals surface area contributed by atoms with E-state index in [-0.39, 0.29) is 13.2 Å². The Balaban J connectivity index is 2.57. The van der Waals surface area contributed by atoms with Crippen LogP contribution in [-0.2, 0) is 9.47 Å². The zero-order valence-corrected chi connectivity index (χ0v) is 9.10. The lowest BCUT2D eigenvalue weighted by Gasteiger charge is -2.01. The number of nitrogens with one attached hydrogen (secondary N) is 1. The maximum atomic E-state index is 11.2. The molecule has 0 saturated carbocycles. The van der Waals surface area contributed by atoms with Gasteiger partial charge in [-0.05, 0) is 13.8 Å². The van der Waals surface area contributed by atoms with E-state index in [9.17, 15) is 9.59 Å². The summed E-state index contributed by atoms with van der Waals surface area (Å²) in [5.74, 6) is 0. The predicted molar refractivity (Wildman–Crippen MR) is 55.3 cm³/mol. The fraction of sp³-hybridized carbons (Fsp3) is 0.444. The molecule has 1 heterocycles. The number of nitrogens with zero attached hydrogens (tertiary/aromatic N) is 2. The van der Waals surface area contributed by atoms with Gasteiger partial charge in [-0.2, -0.15) is 9.78 Å². The number of ether oxygens (including phenoxy) is 2. The molecule has 0 spiro atoms. The maximum Gasteiger partial charge on any atom is 0.434 e. The van der Waals surface area contributed by atoms with E-state index in [0.717, 1.165) is 4.68 Å². The quantitative estimate of drug-likeness (QED) is 0.845. The smallest absolute Gasteiger partial charge is 0.434 e. The van der Waals surface area contributed by atoms with Crippen molar-refractivity contribution in [1.29, 1.82) is 0 Å². The molecular weight excluding hydrogens is 214 g/mol.